The van der Waals surface area contributed by atoms with Gasteiger partial charge in [0.15, 0.2) is 17.4 Å². The van der Waals surface area contributed by atoms with E-state index in [0.717, 1.165) is 12.8 Å². The number of aryl methyl sites for hydroxylation is 1. The van der Waals surface area contributed by atoms with Gasteiger partial charge in [0.2, 0.25) is 0 Å². The molecule has 1 aliphatic heterocycles. The van der Waals surface area contributed by atoms with Crippen LogP contribution >= 0.6 is 0 Å². The smallest absolute Gasteiger partial charge is 0.192 e. The molecule has 0 fully saturated rings. The van der Waals surface area contributed by atoms with Crippen molar-refractivity contribution in [3.05, 3.63) is 123 Å². The van der Waals surface area contributed by atoms with E-state index in [-0.39, 0.29) is 5.54 Å². The van der Waals surface area contributed by atoms with Crippen molar-refractivity contribution in [2.24, 2.45) is 0 Å². The molecular formula is C30H26N+. The van der Waals surface area contributed by atoms with Gasteiger partial charge in [-0.25, -0.2) is 0 Å². The van der Waals surface area contributed by atoms with E-state index < -0.39 is 0 Å². The summed E-state index contributed by atoms with van der Waals surface area (Å²) in [6.45, 7) is 7.09. The Labute approximate surface area is 184 Å². The van der Waals surface area contributed by atoms with Gasteiger partial charge in [0.1, 0.15) is 0 Å². The highest BCUT2D eigenvalue weighted by Crippen LogP contribution is 2.50. The lowest BCUT2D eigenvalue weighted by atomic mass is 9.68. The molecule has 0 saturated heterocycles. The van der Waals surface area contributed by atoms with E-state index in [1.54, 1.807) is 11.1 Å². The van der Waals surface area contributed by atoms with Gasteiger partial charge in [0.25, 0.3) is 0 Å². The molecule has 1 heteroatoms. The Kier molecular flexibility index (Phi) is 3.23. The molecule has 0 saturated carbocycles. The fourth-order valence-electron chi connectivity index (χ4n) is 6.79. The zero-order valence-electron chi connectivity index (χ0n) is 18.4. The second-order valence-electron chi connectivity index (χ2n) is 10.00. The lowest BCUT2D eigenvalue weighted by molar-refractivity contribution is -0.756. The van der Waals surface area contributed by atoms with E-state index in [1.807, 2.05) is 0 Å². The molecular weight excluding hydrogens is 374 g/mol. The number of nitrogens with zero attached hydrogens (tertiary/aromatic N) is 1. The molecule has 0 bridgehead atoms. The first-order valence-corrected chi connectivity index (χ1v) is 11.4. The largest absolute Gasteiger partial charge is 0.197 e. The number of fused-ring (bicyclic) bond motifs is 8. The van der Waals surface area contributed by atoms with Gasteiger partial charge < -0.3 is 0 Å². The maximum Gasteiger partial charge on any atom is 0.197 e. The fraction of sp³-hybridized carbons (Fsp3) is 0.233. The Hall–Kier alpha value is -3.19. The van der Waals surface area contributed by atoms with Crippen LogP contribution < -0.4 is 4.57 Å². The van der Waals surface area contributed by atoms with Crippen molar-refractivity contribution in [1.82, 2.24) is 0 Å². The molecule has 150 valence electrons. The number of pyridine rings is 1. The average Bonchev–Trinajstić information content (AvgIpc) is 3.15. The van der Waals surface area contributed by atoms with Crippen molar-refractivity contribution in [3.8, 4) is 11.1 Å². The summed E-state index contributed by atoms with van der Waals surface area (Å²) in [5.41, 5.74) is 16.3. The van der Waals surface area contributed by atoms with Crippen molar-refractivity contribution < 1.29 is 4.57 Å². The van der Waals surface area contributed by atoms with E-state index in [1.165, 1.54) is 50.2 Å². The first-order valence-electron chi connectivity index (χ1n) is 11.4. The molecule has 1 aromatic heterocycles. The molecule has 0 amide bonds. The lowest BCUT2D eigenvalue weighted by Crippen LogP contribution is -2.60. The molecule has 0 radical (unpaired) electrons. The van der Waals surface area contributed by atoms with Crippen LogP contribution in [0, 0.1) is 6.92 Å². The zero-order valence-corrected chi connectivity index (χ0v) is 18.4. The molecule has 0 N–H and O–H groups in total. The number of hydrogen-bond acceptors (Lipinski definition) is 0. The van der Waals surface area contributed by atoms with Gasteiger partial charge in [-0.15, -0.1) is 0 Å². The third kappa shape index (κ3) is 2.09. The highest BCUT2D eigenvalue weighted by Gasteiger charge is 2.50. The Morgan fingerprint density at radius 2 is 1.45 bits per heavy atom. The first kappa shape index (κ1) is 17.5. The predicted molar refractivity (Wildman–Crippen MR) is 125 cm³/mol. The number of hydrogen-bond donors (Lipinski definition) is 0. The summed E-state index contributed by atoms with van der Waals surface area (Å²) in [5.74, 6) is 0.317. The summed E-state index contributed by atoms with van der Waals surface area (Å²) in [6, 6.07) is 25.0. The monoisotopic (exact) mass is 400 g/mol. The molecule has 1 unspecified atom stereocenters. The number of benzene rings is 3. The Morgan fingerprint density at radius 3 is 2.32 bits per heavy atom. The van der Waals surface area contributed by atoms with Crippen LogP contribution in [0.15, 0.2) is 72.9 Å². The lowest BCUT2D eigenvalue weighted by Gasteiger charge is -2.39. The summed E-state index contributed by atoms with van der Waals surface area (Å²) < 4.78 is 2.64. The van der Waals surface area contributed by atoms with Gasteiger partial charge in [-0.1, -0.05) is 66.7 Å². The standard InChI is InChI=1S/C30H26N/c1-18-9-8-14-23-27-22-13-7-5-11-20(22)16-25-24-15-19-10-4-6-12-21(19)26(24)17-31(29(25)27)30(2,3)28(18)23/h4-14,17,27H,15-16H2,1-3H3/q+1. The van der Waals surface area contributed by atoms with Crippen molar-refractivity contribution in [2.45, 2.75) is 45.1 Å². The van der Waals surface area contributed by atoms with Gasteiger partial charge in [-0.2, -0.15) is 4.57 Å². The molecule has 0 spiro atoms. The van der Waals surface area contributed by atoms with Crippen LogP contribution in [0.4, 0.5) is 0 Å². The summed E-state index contributed by atoms with van der Waals surface area (Å²) in [6.07, 6.45) is 4.58. The van der Waals surface area contributed by atoms with Crippen LogP contribution in [0.2, 0.25) is 0 Å². The van der Waals surface area contributed by atoms with Crippen LogP contribution in [0.3, 0.4) is 0 Å². The van der Waals surface area contributed by atoms with Crippen LogP contribution in [-0.2, 0) is 18.4 Å². The van der Waals surface area contributed by atoms with E-state index in [2.05, 4.69) is 98.3 Å². The molecule has 1 nitrogen and oxygen atoms in total. The molecule has 2 aliphatic carbocycles. The summed E-state index contributed by atoms with van der Waals surface area (Å²) in [7, 11) is 0. The van der Waals surface area contributed by atoms with Crippen LogP contribution in [0.5, 0.6) is 0 Å². The minimum atomic E-state index is -0.0832. The SMILES string of the molecule is Cc1cccc2c1C(C)(C)[n+]1cc3c(c4c1C2c1ccccc1C4)Cc1ccccc1-3. The minimum Gasteiger partial charge on any atom is -0.192 e. The molecule has 7 rings (SSSR count). The number of aromatic nitrogens is 1. The van der Waals surface area contributed by atoms with Gasteiger partial charge in [0, 0.05) is 37.0 Å². The van der Waals surface area contributed by atoms with Gasteiger partial charge in [0.05, 0.1) is 5.92 Å². The maximum absolute atomic E-state index is 2.64. The molecule has 4 aromatic rings. The van der Waals surface area contributed by atoms with E-state index in [4.69, 9.17) is 0 Å². The van der Waals surface area contributed by atoms with E-state index in [9.17, 15) is 0 Å². The molecule has 31 heavy (non-hydrogen) atoms. The topological polar surface area (TPSA) is 3.88 Å². The van der Waals surface area contributed by atoms with Crippen molar-refractivity contribution in [2.75, 3.05) is 0 Å². The van der Waals surface area contributed by atoms with Gasteiger partial charge in [-0.3, -0.25) is 0 Å². The maximum atomic E-state index is 2.64. The highest BCUT2D eigenvalue weighted by molar-refractivity contribution is 5.78. The second kappa shape index (κ2) is 5.73. The fourth-order valence-corrected chi connectivity index (χ4v) is 6.79. The molecule has 1 atom stereocenters. The summed E-state index contributed by atoms with van der Waals surface area (Å²) in [4.78, 5) is 0. The molecule has 2 heterocycles. The average molecular weight is 401 g/mol. The van der Waals surface area contributed by atoms with E-state index in [0.29, 0.717) is 5.92 Å². The van der Waals surface area contributed by atoms with Crippen LogP contribution in [-0.4, -0.2) is 0 Å². The summed E-state index contributed by atoms with van der Waals surface area (Å²) in [5, 5.41) is 0. The zero-order chi connectivity index (χ0) is 20.9. The van der Waals surface area contributed by atoms with Crippen molar-refractivity contribution >= 4 is 0 Å². The third-order valence-electron chi connectivity index (χ3n) is 8.03. The minimum absolute atomic E-state index is 0.0832. The van der Waals surface area contributed by atoms with Crippen LogP contribution in [0.1, 0.15) is 70.0 Å². The highest BCUT2D eigenvalue weighted by atomic mass is 15.1. The van der Waals surface area contributed by atoms with Gasteiger partial charge in [-0.05, 0) is 52.3 Å². The quantitative estimate of drug-likeness (QED) is 0.274. The predicted octanol–water partition coefficient (Wildman–Crippen LogP) is 6.03. The Bertz CT molecular complexity index is 1420. The molecule has 3 aliphatic rings. The Balaban J connectivity index is 1.64. The van der Waals surface area contributed by atoms with Crippen molar-refractivity contribution in [1.29, 1.82) is 0 Å². The Morgan fingerprint density at radius 1 is 0.742 bits per heavy atom. The van der Waals surface area contributed by atoms with Gasteiger partial charge >= 0.3 is 0 Å². The summed E-state index contributed by atoms with van der Waals surface area (Å²) >= 11 is 0. The first-order chi connectivity index (χ1) is 15.1. The number of rotatable bonds is 0. The second-order valence-corrected chi connectivity index (χ2v) is 10.00. The third-order valence-corrected chi connectivity index (χ3v) is 8.03. The van der Waals surface area contributed by atoms with Crippen molar-refractivity contribution in [3.63, 3.8) is 0 Å². The normalized spacial score (nSPS) is 18.5. The van der Waals surface area contributed by atoms with Crippen LogP contribution in [0.25, 0.3) is 11.1 Å². The van der Waals surface area contributed by atoms with E-state index >= 15 is 0 Å². The molecule has 3 aromatic carbocycles.